The van der Waals surface area contributed by atoms with Crippen molar-refractivity contribution < 1.29 is 19.0 Å². The van der Waals surface area contributed by atoms with Gasteiger partial charge in [-0.25, -0.2) is 4.79 Å². The molecule has 0 spiro atoms. The van der Waals surface area contributed by atoms with Crippen LogP contribution in [0.4, 0.5) is 0 Å². The van der Waals surface area contributed by atoms with Crippen molar-refractivity contribution in [3.05, 3.63) is 12.2 Å². The Balaban J connectivity index is 4.02. The van der Waals surface area contributed by atoms with E-state index in [9.17, 15) is 4.79 Å². The molecule has 0 aliphatic rings. The Morgan fingerprint density at radius 1 is 1.64 bits per heavy atom. The van der Waals surface area contributed by atoms with Crippen molar-refractivity contribution in [1.29, 1.82) is 5.26 Å². The molecule has 0 bridgehead atoms. The van der Waals surface area contributed by atoms with Gasteiger partial charge in [-0.3, -0.25) is 0 Å². The van der Waals surface area contributed by atoms with Gasteiger partial charge in [-0.2, -0.15) is 5.26 Å². The number of carbonyl (C=O) groups is 1. The quantitative estimate of drug-likeness (QED) is 0.276. The first-order valence-electron chi connectivity index (χ1n) is 4.10. The summed E-state index contributed by atoms with van der Waals surface area (Å²) in [7, 11) is 0. The van der Waals surface area contributed by atoms with Gasteiger partial charge in [0.1, 0.15) is 0 Å². The molecule has 0 amide bonds. The third kappa shape index (κ3) is 5.17. The summed E-state index contributed by atoms with van der Waals surface area (Å²) in [5.41, 5.74) is 0.270. The molecular formula is C9H13NO4. The van der Waals surface area contributed by atoms with Gasteiger partial charge in [-0.05, 0) is 13.8 Å². The Labute approximate surface area is 82.9 Å². The van der Waals surface area contributed by atoms with E-state index in [1.807, 2.05) is 0 Å². The highest BCUT2D eigenvalue weighted by Crippen LogP contribution is 2.01. The highest BCUT2D eigenvalue weighted by molar-refractivity contribution is 5.87. The molecular weight excluding hydrogens is 186 g/mol. The third-order valence-electron chi connectivity index (χ3n) is 1.22. The first kappa shape index (κ1) is 12.5. The maximum Gasteiger partial charge on any atom is 0.335 e. The smallest absolute Gasteiger partial charge is 0.335 e. The van der Waals surface area contributed by atoms with E-state index in [2.05, 4.69) is 11.3 Å². The molecule has 0 N–H and O–H groups in total. The molecule has 14 heavy (non-hydrogen) atoms. The normalized spacial score (nSPS) is 11.2. The van der Waals surface area contributed by atoms with Crippen molar-refractivity contribution in [1.82, 2.24) is 0 Å². The fourth-order valence-corrected chi connectivity index (χ4v) is 0.627. The molecule has 0 aromatic heterocycles. The summed E-state index contributed by atoms with van der Waals surface area (Å²) < 4.78 is 14.2. The molecule has 0 radical (unpaired) electrons. The van der Waals surface area contributed by atoms with Gasteiger partial charge in [-0.1, -0.05) is 6.58 Å². The highest BCUT2D eigenvalue weighted by atomic mass is 16.7. The second kappa shape index (κ2) is 6.92. The minimum absolute atomic E-state index is 0.108. The molecule has 0 aliphatic carbocycles. The lowest BCUT2D eigenvalue weighted by molar-refractivity contribution is -0.181. The van der Waals surface area contributed by atoms with Gasteiger partial charge in [0, 0.05) is 12.2 Å². The zero-order valence-corrected chi connectivity index (χ0v) is 8.28. The molecule has 0 saturated heterocycles. The Morgan fingerprint density at radius 2 is 2.29 bits per heavy atom. The minimum Gasteiger partial charge on any atom is -0.429 e. The molecule has 0 aromatic carbocycles. The van der Waals surface area contributed by atoms with E-state index in [0.717, 1.165) is 0 Å². The first-order valence-corrected chi connectivity index (χ1v) is 4.10. The average molecular weight is 199 g/mol. The van der Waals surface area contributed by atoms with Crippen LogP contribution in [0.2, 0.25) is 0 Å². The van der Waals surface area contributed by atoms with E-state index < -0.39 is 12.3 Å². The maximum absolute atomic E-state index is 11.1. The number of nitrogens with zero attached hydrogens (tertiary/aromatic N) is 1. The fourth-order valence-electron chi connectivity index (χ4n) is 0.627. The lowest BCUT2D eigenvalue weighted by atomic mass is 10.4. The summed E-state index contributed by atoms with van der Waals surface area (Å²) in [6.07, 6.45) is 0.608. The maximum atomic E-state index is 11.1. The van der Waals surface area contributed by atoms with E-state index in [1.165, 1.54) is 13.2 Å². The van der Waals surface area contributed by atoms with Crippen LogP contribution >= 0.6 is 0 Å². The second-order valence-electron chi connectivity index (χ2n) is 2.47. The van der Waals surface area contributed by atoms with Gasteiger partial charge >= 0.3 is 5.97 Å². The van der Waals surface area contributed by atoms with Crippen LogP contribution in [0.1, 0.15) is 13.8 Å². The molecule has 0 saturated carbocycles. The molecule has 1 unspecified atom stereocenters. The summed E-state index contributed by atoms with van der Waals surface area (Å²) in [6, 6.07) is 0. The van der Waals surface area contributed by atoms with Crippen molar-refractivity contribution in [3.8, 4) is 6.26 Å². The average Bonchev–Trinajstić information content (AvgIpc) is 2.14. The Kier molecular flexibility index (Phi) is 6.16. The number of carbonyl (C=O) groups excluding carboxylic acids is 1. The molecule has 0 fully saturated rings. The SMILES string of the molecule is C=C(C)C(=O)OC(COC#N)OCC. The largest absolute Gasteiger partial charge is 0.429 e. The van der Waals surface area contributed by atoms with Crippen molar-refractivity contribution in [2.75, 3.05) is 13.2 Å². The van der Waals surface area contributed by atoms with Gasteiger partial charge in [0.25, 0.3) is 6.26 Å². The summed E-state index contributed by atoms with van der Waals surface area (Å²) in [5, 5.41) is 8.14. The number of nitriles is 1. The van der Waals surface area contributed by atoms with Crippen LogP contribution < -0.4 is 0 Å². The number of hydrogen-bond donors (Lipinski definition) is 0. The van der Waals surface area contributed by atoms with E-state index >= 15 is 0 Å². The van der Waals surface area contributed by atoms with Crippen LogP contribution in [0.3, 0.4) is 0 Å². The van der Waals surface area contributed by atoms with Crippen molar-refractivity contribution in [3.63, 3.8) is 0 Å². The summed E-state index contributed by atoms with van der Waals surface area (Å²) in [5.74, 6) is -0.565. The second-order valence-corrected chi connectivity index (χ2v) is 2.47. The van der Waals surface area contributed by atoms with Crippen LogP contribution in [0, 0.1) is 11.5 Å². The summed E-state index contributed by atoms with van der Waals surface area (Å²) >= 11 is 0. The van der Waals surface area contributed by atoms with E-state index in [0.29, 0.717) is 6.61 Å². The van der Waals surface area contributed by atoms with E-state index in [-0.39, 0.29) is 12.2 Å². The van der Waals surface area contributed by atoms with Gasteiger partial charge in [0.2, 0.25) is 6.29 Å². The summed E-state index contributed by atoms with van der Waals surface area (Å²) in [6.45, 7) is 6.94. The number of hydrogen-bond acceptors (Lipinski definition) is 5. The highest BCUT2D eigenvalue weighted by Gasteiger charge is 2.15. The van der Waals surface area contributed by atoms with Crippen LogP contribution in [-0.4, -0.2) is 25.5 Å². The molecule has 5 heteroatoms. The van der Waals surface area contributed by atoms with Gasteiger partial charge < -0.3 is 14.2 Å². The zero-order chi connectivity index (χ0) is 11.0. The van der Waals surface area contributed by atoms with E-state index in [4.69, 9.17) is 14.7 Å². The molecule has 5 nitrogen and oxygen atoms in total. The molecule has 78 valence electrons. The minimum atomic E-state index is -0.858. The van der Waals surface area contributed by atoms with Crippen LogP contribution in [0.15, 0.2) is 12.2 Å². The topological polar surface area (TPSA) is 68.5 Å². The van der Waals surface area contributed by atoms with Crippen LogP contribution in [0.5, 0.6) is 0 Å². The van der Waals surface area contributed by atoms with E-state index in [1.54, 1.807) is 6.92 Å². The van der Waals surface area contributed by atoms with Crippen LogP contribution in [0.25, 0.3) is 0 Å². The van der Waals surface area contributed by atoms with Crippen molar-refractivity contribution in [2.45, 2.75) is 20.1 Å². The van der Waals surface area contributed by atoms with Gasteiger partial charge in [-0.15, -0.1) is 0 Å². The van der Waals surface area contributed by atoms with Gasteiger partial charge in [0.05, 0.1) is 0 Å². The third-order valence-corrected chi connectivity index (χ3v) is 1.22. The lowest BCUT2D eigenvalue weighted by Gasteiger charge is -2.15. The molecule has 1 atom stereocenters. The predicted molar refractivity (Wildman–Crippen MR) is 47.9 cm³/mol. The molecule has 0 aliphatic heterocycles. The fraction of sp³-hybridized carbons (Fsp3) is 0.556. The Morgan fingerprint density at radius 3 is 2.71 bits per heavy atom. The number of esters is 1. The van der Waals surface area contributed by atoms with Crippen molar-refractivity contribution in [2.24, 2.45) is 0 Å². The number of rotatable bonds is 6. The lowest BCUT2D eigenvalue weighted by Crippen LogP contribution is -2.26. The van der Waals surface area contributed by atoms with Gasteiger partial charge in [0.15, 0.2) is 6.61 Å². The monoisotopic (exact) mass is 199 g/mol. The molecule has 0 aromatic rings. The van der Waals surface area contributed by atoms with Crippen LogP contribution in [-0.2, 0) is 19.0 Å². The Bertz CT molecular complexity index is 244. The molecule has 0 rings (SSSR count). The predicted octanol–water partition coefficient (Wildman–Crippen LogP) is 0.966. The summed E-state index contributed by atoms with van der Waals surface area (Å²) in [4.78, 5) is 11.1. The zero-order valence-electron chi connectivity index (χ0n) is 8.28. The van der Waals surface area contributed by atoms with Crippen molar-refractivity contribution >= 4 is 5.97 Å². The number of ether oxygens (including phenoxy) is 3. The molecule has 0 heterocycles. The standard InChI is InChI=1S/C9H13NO4/c1-4-13-8(5-12-6-10)14-9(11)7(2)3/h8H,2,4-5H2,1,3H3. The first-order chi connectivity index (χ1) is 6.61. The Hall–Kier alpha value is -1.54.